The third-order valence-corrected chi connectivity index (χ3v) is 2.27. The third kappa shape index (κ3) is 6.06. The number of nitrogens with two attached hydrogens (primary N) is 1. The predicted octanol–water partition coefficient (Wildman–Crippen LogP) is 0.594. The van der Waals surface area contributed by atoms with E-state index in [4.69, 9.17) is 5.73 Å². The van der Waals surface area contributed by atoms with Gasteiger partial charge >= 0.3 is 5.97 Å². The molecule has 0 aromatic heterocycles. The van der Waals surface area contributed by atoms with Crippen molar-refractivity contribution in [3.63, 3.8) is 0 Å². The van der Waals surface area contributed by atoms with Crippen LogP contribution in [-0.4, -0.2) is 31.1 Å². The van der Waals surface area contributed by atoms with Crippen molar-refractivity contribution >= 4 is 11.9 Å². The highest BCUT2D eigenvalue weighted by Crippen LogP contribution is 2.06. The number of carbonyl (C=O) groups is 2. The Bertz CT molecular complexity index is 277. The Kier molecular flexibility index (Phi) is 7.21. The molecule has 0 radical (unpaired) electrons. The van der Waals surface area contributed by atoms with Crippen LogP contribution < -0.4 is 11.1 Å². The molecule has 5 nitrogen and oxygen atoms in total. The summed E-state index contributed by atoms with van der Waals surface area (Å²) < 4.78 is 4.64. The minimum absolute atomic E-state index is 0.273. The highest BCUT2D eigenvalue weighted by atomic mass is 16.5. The molecule has 0 bridgehead atoms. The molecule has 0 saturated heterocycles. The number of hydrogen-bond acceptors (Lipinski definition) is 4. The van der Waals surface area contributed by atoms with Crippen LogP contribution in [0.5, 0.6) is 0 Å². The van der Waals surface area contributed by atoms with E-state index in [1.807, 2.05) is 13.8 Å². The van der Waals surface area contributed by atoms with Crippen LogP contribution in [-0.2, 0) is 14.3 Å². The molecule has 2 atom stereocenters. The number of carbonyl (C=O) groups excluding carboxylic acids is 2. The molecule has 3 N–H and O–H groups in total. The van der Waals surface area contributed by atoms with Crippen LogP contribution in [0.15, 0.2) is 12.7 Å². The molecule has 0 aliphatic heterocycles. The fourth-order valence-corrected chi connectivity index (χ4v) is 1.39. The van der Waals surface area contributed by atoms with Gasteiger partial charge in [0.2, 0.25) is 5.91 Å². The fourth-order valence-electron chi connectivity index (χ4n) is 1.39. The Morgan fingerprint density at radius 3 is 2.47 bits per heavy atom. The molecule has 0 saturated carbocycles. The van der Waals surface area contributed by atoms with Crippen molar-refractivity contribution < 1.29 is 14.3 Å². The average Bonchev–Trinajstić information content (AvgIpc) is 2.26. The molecule has 0 fully saturated rings. The van der Waals surface area contributed by atoms with E-state index in [0.29, 0.717) is 12.8 Å². The van der Waals surface area contributed by atoms with Crippen molar-refractivity contribution in [2.45, 2.75) is 38.8 Å². The van der Waals surface area contributed by atoms with E-state index in [1.165, 1.54) is 7.11 Å². The number of esters is 1. The molecule has 0 aliphatic rings. The Morgan fingerprint density at radius 1 is 1.47 bits per heavy atom. The summed E-state index contributed by atoms with van der Waals surface area (Å²) in [6.45, 7) is 7.44. The number of amides is 1. The van der Waals surface area contributed by atoms with Gasteiger partial charge < -0.3 is 15.8 Å². The molecule has 0 heterocycles. The average molecular weight is 242 g/mol. The fraction of sp³-hybridized carbons (Fsp3) is 0.667. The maximum absolute atomic E-state index is 11.7. The zero-order valence-corrected chi connectivity index (χ0v) is 10.7. The van der Waals surface area contributed by atoms with Crippen LogP contribution in [0.4, 0.5) is 0 Å². The van der Waals surface area contributed by atoms with Crippen LogP contribution in [0.1, 0.15) is 26.7 Å². The molecule has 5 heteroatoms. The zero-order valence-electron chi connectivity index (χ0n) is 10.7. The second kappa shape index (κ2) is 7.84. The van der Waals surface area contributed by atoms with E-state index in [1.54, 1.807) is 6.08 Å². The Labute approximate surface area is 102 Å². The molecular formula is C12H22N2O3. The summed E-state index contributed by atoms with van der Waals surface area (Å²) in [5, 5.41) is 2.60. The standard InChI is InChI=1S/C12H22N2O3/c1-5-6-9(13)11(15)14-10(7-8(2)3)12(16)17-4/h5,8-10H,1,6-7,13H2,2-4H3,(H,14,15). The summed E-state index contributed by atoms with van der Waals surface area (Å²) in [6.07, 6.45) is 2.47. The van der Waals surface area contributed by atoms with Crippen molar-refractivity contribution in [1.82, 2.24) is 5.32 Å². The molecule has 0 spiro atoms. The molecule has 0 aliphatic carbocycles. The highest BCUT2D eigenvalue weighted by molar-refractivity contribution is 5.87. The number of ether oxygens (including phenoxy) is 1. The van der Waals surface area contributed by atoms with Gasteiger partial charge in [0.1, 0.15) is 6.04 Å². The second-order valence-electron chi connectivity index (χ2n) is 4.34. The Hall–Kier alpha value is -1.36. The minimum Gasteiger partial charge on any atom is -0.467 e. The SMILES string of the molecule is C=CCC(N)C(=O)NC(CC(C)C)C(=O)OC. The van der Waals surface area contributed by atoms with Gasteiger partial charge in [-0.1, -0.05) is 19.9 Å². The molecule has 2 unspecified atom stereocenters. The summed E-state index contributed by atoms with van der Waals surface area (Å²) in [5.41, 5.74) is 5.61. The lowest BCUT2D eigenvalue weighted by Gasteiger charge is -2.20. The Morgan fingerprint density at radius 2 is 2.06 bits per heavy atom. The summed E-state index contributed by atoms with van der Waals surface area (Å²) >= 11 is 0. The molecule has 98 valence electrons. The molecule has 0 aromatic rings. The van der Waals surface area contributed by atoms with Crippen molar-refractivity contribution in [2.24, 2.45) is 11.7 Å². The summed E-state index contributed by atoms with van der Waals surface area (Å²) in [4.78, 5) is 23.1. The van der Waals surface area contributed by atoms with E-state index in [9.17, 15) is 9.59 Å². The molecule has 17 heavy (non-hydrogen) atoms. The van der Waals surface area contributed by atoms with Crippen LogP contribution in [0.2, 0.25) is 0 Å². The van der Waals surface area contributed by atoms with E-state index in [2.05, 4.69) is 16.6 Å². The van der Waals surface area contributed by atoms with Crippen LogP contribution in [0, 0.1) is 5.92 Å². The molecule has 0 rings (SSSR count). The number of nitrogens with one attached hydrogen (secondary N) is 1. The quantitative estimate of drug-likeness (QED) is 0.506. The van der Waals surface area contributed by atoms with Gasteiger partial charge in [-0.25, -0.2) is 4.79 Å². The number of hydrogen-bond donors (Lipinski definition) is 2. The maximum atomic E-state index is 11.7. The lowest BCUT2D eigenvalue weighted by atomic mass is 10.0. The summed E-state index contributed by atoms with van der Waals surface area (Å²) in [6, 6.07) is -1.31. The topological polar surface area (TPSA) is 81.4 Å². The largest absolute Gasteiger partial charge is 0.467 e. The first-order chi connectivity index (χ1) is 7.92. The van der Waals surface area contributed by atoms with E-state index >= 15 is 0 Å². The van der Waals surface area contributed by atoms with E-state index in [-0.39, 0.29) is 11.8 Å². The molecular weight excluding hydrogens is 220 g/mol. The summed E-state index contributed by atoms with van der Waals surface area (Å²) in [7, 11) is 1.30. The van der Waals surface area contributed by atoms with Gasteiger partial charge in [0.25, 0.3) is 0 Å². The minimum atomic E-state index is -0.674. The highest BCUT2D eigenvalue weighted by Gasteiger charge is 2.24. The molecule has 0 aromatic carbocycles. The zero-order chi connectivity index (χ0) is 13.4. The first-order valence-electron chi connectivity index (χ1n) is 5.67. The Balaban J connectivity index is 4.46. The van der Waals surface area contributed by atoms with Gasteiger partial charge in [-0.3, -0.25) is 4.79 Å². The maximum Gasteiger partial charge on any atom is 0.328 e. The third-order valence-electron chi connectivity index (χ3n) is 2.27. The van der Waals surface area contributed by atoms with E-state index < -0.39 is 18.1 Å². The van der Waals surface area contributed by atoms with Crippen molar-refractivity contribution in [2.75, 3.05) is 7.11 Å². The van der Waals surface area contributed by atoms with Crippen LogP contribution in [0.25, 0.3) is 0 Å². The predicted molar refractivity (Wildman–Crippen MR) is 66.2 cm³/mol. The van der Waals surface area contributed by atoms with Gasteiger partial charge in [0.15, 0.2) is 0 Å². The first kappa shape index (κ1) is 15.6. The first-order valence-corrected chi connectivity index (χ1v) is 5.67. The van der Waals surface area contributed by atoms with E-state index in [0.717, 1.165) is 0 Å². The van der Waals surface area contributed by atoms with Crippen molar-refractivity contribution in [1.29, 1.82) is 0 Å². The van der Waals surface area contributed by atoms with Gasteiger partial charge in [0, 0.05) is 0 Å². The number of methoxy groups -OCH3 is 1. The van der Waals surface area contributed by atoms with Gasteiger partial charge in [-0.15, -0.1) is 6.58 Å². The summed E-state index contributed by atoms with van der Waals surface area (Å²) in [5.74, 6) is -0.533. The smallest absolute Gasteiger partial charge is 0.328 e. The lowest BCUT2D eigenvalue weighted by molar-refractivity contribution is -0.145. The van der Waals surface area contributed by atoms with Crippen molar-refractivity contribution in [3.05, 3.63) is 12.7 Å². The van der Waals surface area contributed by atoms with Gasteiger partial charge in [0.05, 0.1) is 13.2 Å². The lowest BCUT2D eigenvalue weighted by Crippen LogP contribution is -2.49. The van der Waals surface area contributed by atoms with Gasteiger partial charge in [-0.05, 0) is 18.8 Å². The molecule has 1 amide bonds. The second-order valence-corrected chi connectivity index (χ2v) is 4.34. The van der Waals surface area contributed by atoms with Crippen molar-refractivity contribution in [3.8, 4) is 0 Å². The number of rotatable bonds is 7. The van der Waals surface area contributed by atoms with Crippen LogP contribution in [0.3, 0.4) is 0 Å². The van der Waals surface area contributed by atoms with Gasteiger partial charge in [-0.2, -0.15) is 0 Å². The normalized spacial score (nSPS) is 13.9. The monoisotopic (exact) mass is 242 g/mol. The van der Waals surface area contributed by atoms with Crippen LogP contribution >= 0.6 is 0 Å².